The lowest BCUT2D eigenvalue weighted by molar-refractivity contribution is -0.114. The number of sulfonamides is 1. The second kappa shape index (κ2) is 5.54. The summed E-state index contributed by atoms with van der Waals surface area (Å²) in [7, 11) is -3.56. The molecule has 2 heterocycles. The molecular formula is C14H16N4O3S. The second-order valence-electron chi connectivity index (χ2n) is 5.08. The number of imidazole rings is 1. The van der Waals surface area contributed by atoms with Gasteiger partial charge in [-0.1, -0.05) is 0 Å². The van der Waals surface area contributed by atoms with Crippen molar-refractivity contribution in [2.75, 3.05) is 11.9 Å². The number of anilines is 1. The van der Waals surface area contributed by atoms with Gasteiger partial charge in [-0.3, -0.25) is 4.79 Å². The quantitative estimate of drug-likeness (QED) is 0.916. The molecular weight excluding hydrogens is 304 g/mol. The predicted molar refractivity (Wildman–Crippen MR) is 80.6 cm³/mol. The molecule has 3 rings (SSSR count). The van der Waals surface area contributed by atoms with Gasteiger partial charge in [-0.05, 0) is 24.3 Å². The topological polar surface area (TPSA) is 84.3 Å². The zero-order valence-electron chi connectivity index (χ0n) is 12.1. The molecule has 0 saturated carbocycles. The van der Waals surface area contributed by atoms with Gasteiger partial charge in [0, 0.05) is 38.1 Å². The summed E-state index contributed by atoms with van der Waals surface area (Å²) >= 11 is 0. The molecule has 8 heteroatoms. The Morgan fingerprint density at radius 3 is 2.64 bits per heavy atom. The molecule has 0 saturated heterocycles. The Morgan fingerprint density at radius 1 is 1.23 bits per heavy atom. The zero-order chi connectivity index (χ0) is 15.7. The largest absolute Gasteiger partial charge is 0.333 e. The van der Waals surface area contributed by atoms with E-state index in [1.807, 2.05) is 10.8 Å². The fourth-order valence-electron chi connectivity index (χ4n) is 2.42. The Balaban J connectivity index is 1.83. The normalized spacial score (nSPS) is 15.3. The lowest BCUT2D eigenvalue weighted by atomic mass is 10.3. The van der Waals surface area contributed by atoms with Gasteiger partial charge in [0.25, 0.3) is 0 Å². The number of benzene rings is 1. The first-order valence-electron chi connectivity index (χ1n) is 6.84. The van der Waals surface area contributed by atoms with E-state index in [2.05, 4.69) is 10.3 Å². The van der Waals surface area contributed by atoms with Crippen molar-refractivity contribution in [1.82, 2.24) is 13.9 Å². The molecule has 0 fully saturated rings. The Labute approximate surface area is 128 Å². The maximum Gasteiger partial charge on any atom is 0.243 e. The molecule has 22 heavy (non-hydrogen) atoms. The first kappa shape index (κ1) is 14.7. The molecule has 1 aromatic heterocycles. The summed E-state index contributed by atoms with van der Waals surface area (Å²) in [6, 6.07) is 6.17. The van der Waals surface area contributed by atoms with Crippen LogP contribution in [0.5, 0.6) is 0 Å². The maximum atomic E-state index is 12.7. The molecule has 116 valence electrons. The molecule has 0 spiro atoms. The van der Waals surface area contributed by atoms with E-state index in [1.54, 1.807) is 18.3 Å². The summed E-state index contributed by atoms with van der Waals surface area (Å²) in [5.41, 5.74) is 0.570. The Kier molecular flexibility index (Phi) is 3.71. The number of carbonyl (C=O) groups is 1. The van der Waals surface area contributed by atoms with E-state index < -0.39 is 10.0 Å². The number of carbonyl (C=O) groups excluding carboxylic acids is 1. The molecule has 1 aliphatic heterocycles. The minimum Gasteiger partial charge on any atom is -0.333 e. The van der Waals surface area contributed by atoms with Gasteiger partial charge in [0.2, 0.25) is 15.9 Å². The highest BCUT2D eigenvalue weighted by atomic mass is 32.2. The van der Waals surface area contributed by atoms with Crippen LogP contribution in [0, 0.1) is 0 Å². The monoisotopic (exact) mass is 320 g/mol. The predicted octanol–water partition coefficient (Wildman–Crippen LogP) is 1.05. The van der Waals surface area contributed by atoms with Crippen LogP contribution in [0.4, 0.5) is 5.69 Å². The van der Waals surface area contributed by atoms with Crippen molar-refractivity contribution in [3.63, 3.8) is 0 Å². The standard InChI is InChI=1S/C14H16N4O3S/c1-11(19)16-12-2-4-13(5-3-12)22(20,21)18-9-8-17-7-6-15-14(17)10-18/h2-7H,8-10H2,1H3,(H,16,19). The summed E-state index contributed by atoms with van der Waals surface area (Å²) in [6.07, 6.45) is 3.52. The van der Waals surface area contributed by atoms with Crippen molar-refractivity contribution in [3.8, 4) is 0 Å². The van der Waals surface area contributed by atoms with Crippen molar-refractivity contribution in [2.24, 2.45) is 0 Å². The van der Waals surface area contributed by atoms with Crippen molar-refractivity contribution < 1.29 is 13.2 Å². The van der Waals surface area contributed by atoms with E-state index in [9.17, 15) is 13.2 Å². The molecule has 0 unspecified atom stereocenters. The van der Waals surface area contributed by atoms with Crippen LogP contribution in [-0.2, 0) is 27.9 Å². The van der Waals surface area contributed by atoms with Gasteiger partial charge < -0.3 is 9.88 Å². The van der Waals surface area contributed by atoms with Crippen molar-refractivity contribution in [1.29, 1.82) is 0 Å². The van der Waals surface area contributed by atoms with Gasteiger partial charge >= 0.3 is 0 Å². The third kappa shape index (κ3) is 2.75. The molecule has 0 aliphatic carbocycles. The number of hydrogen-bond donors (Lipinski definition) is 1. The van der Waals surface area contributed by atoms with Crippen LogP contribution in [0.25, 0.3) is 0 Å². The molecule has 0 atom stereocenters. The van der Waals surface area contributed by atoms with E-state index in [-0.39, 0.29) is 17.3 Å². The van der Waals surface area contributed by atoms with Gasteiger partial charge in [-0.15, -0.1) is 0 Å². The number of fused-ring (bicyclic) bond motifs is 1. The molecule has 0 bridgehead atoms. The first-order valence-corrected chi connectivity index (χ1v) is 8.28. The van der Waals surface area contributed by atoms with Crippen LogP contribution in [0.2, 0.25) is 0 Å². The van der Waals surface area contributed by atoms with Gasteiger partial charge in [-0.2, -0.15) is 4.31 Å². The van der Waals surface area contributed by atoms with Crippen LogP contribution in [0.15, 0.2) is 41.6 Å². The maximum absolute atomic E-state index is 12.7. The van der Waals surface area contributed by atoms with Gasteiger partial charge in [-0.25, -0.2) is 13.4 Å². The lowest BCUT2D eigenvalue weighted by Crippen LogP contribution is -2.38. The van der Waals surface area contributed by atoms with Gasteiger partial charge in [0.15, 0.2) is 0 Å². The minimum atomic E-state index is -3.56. The highest BCUT2D eigenvalue weighted by Gasteiger charge is 2.28. The SMILES string of the molecule is CC(=O)Nc1ccc(S(=O)(=O)N2CCn3ccnc3C2)cc1. The van der Waals surface area contributed by atoms with Crippen LogP contribution in [-0.4, -0.2) is 34.7 Å². The molecule has 1 aromatic carbocycles. The van der Waals surface area contributed by atoms with Crippen LogP contribution in [0.1, 0.15) is 12.7 Å². The summed E-state index contributed by atoms with van der Waals surface area (Å²) < 4.78 is 28.7. The first-order chi connectivity index (χ1) is 10.5. The number of nitrogens with one attached hydrogen (secondary N) is 1. The van der Waals surface area contributed by atoms with E-state index in [1.165, 1.54) is 23.4 Å². The number of amides is 1. The minimum absolute atomic E-state index is 0.196. The molecule has 2 aromatic rings. The van der Waals surface area contributed by atoms with Crippen molar-refractivity contribution >= 4 is 21.6 Å². The van der Waals surface area contributed by atoms with E-state index in [0.29, 0.717) is 18.8 Å². The summed E-state index contributed by atoms with van der Waals surface area (Å²) in [5, 5.41) is 2.61. The van der Waals surface area contributed by atoms with E-state index in [4.69, 9.17) is 0 Å². The lowest BCUT2D eigenvalue weighted by Gasteiger charge is -2.27. The molecule has 1 aliphatic rings. The average Bonchev–Trinajstić information content (AvgIpc) is 2.94. The molecule has 0 radical (unpaired) electrons. The Hall–Kier alpha value is -2.19. The van der Waals surface area contributed by atoms with Crippen LogP contribution >= 0.6 is 0 Å². The summed E-state index contributed by atoms with van der Waals surface area (Å²) in [4.78, 5) is 15.4. The third-order valence-corrected chi connectivity index (χ3v) is 5.38. The van der Waals surface area contributed by atoms with E-state index in [0.717, 1.165) is 5.82 Å². The highest BCUT2D eigenvalue weighted by Crippen LogP contribution is 2.22. The van der Waals surface area contributed by atoms with Gasteiger partial charge in [0.1, 0.15) is 5.82 Å². The fourth-order valence-corrected chi connectivity index (χ4v) is 3.80. The van der Waals surface area contributed by atoms with E-state index >= 15 is 0 Å². The van der Waals surface area contributed by atoms with Crippen LogP contribution < -0.4 is 5.32 Å². The Bertz CT molecular complexity index is 796. The molecule has 7 nitrogen and oxygen atoms in total. The Morgan fingerprint density at radius 2 is 1.95 bits per heavy atom. The van der Waals surface area contributed by atoms with Crippen molar-refractivity contribution in [2.45, 2.75) is 24.9 Å². The second-order valence-corrected chi connectivity index (χ2v) is 7.02. The van der Waals surface area contributed by atoms with Crippen molar-refractivity contribution in [3.05, 3.63) is 42.5 Å². The number of hydrogen-bond acceptors (Lipinski definition) is 4. The van der Waals surface area contributed by atoms with Crippen LogP contribution in [0.3, 0.4) is 0 Å². The number of nitrogens with zero attached hydrogens (tertiary/aromatic N) is 3. The molecule has 1 N–H and O–H groups in total. The molecule has 1 amide bonds. The smallest absolute Gasteiger partial charge is 0.243 e. The number of aromatic nitrogens is 2. The summed E-state index contributed by atoms with van der Waals surface area (Å²) in [5.74, 6) is 0.545. The summed E-state index contributed by atoms with van der Waals surface area (Å²) in [6.45, 7) is 2.68. The third-order valence-electron chi connectivity index (χ3n) is 3.52. The average molecular weight is 320 g/mol. The zero-order valence-corrected chi connectivity index (χ0v) is 12.9. The van der Waals surface area contributed by atoms with Gasteiger partial charge in [0.05, 0.1) is 11.4 Å². The fraction of sp³-hybridized carbons (Fsp3) is 0.286. The number of rotatable bonds is 3. The highest BCUT2D eigenvalue weighted by molar-refractivity contribution is 7.89.